The number of para-hydroxylation sites is 1. The van der Waals surface area contributed by atoms with E-state index in [4.69, 9.17) is 4.74 Å². The first-order chi connectivity index (χ1) is 11.6. The molecule has 0 radical (unpaired) electrons. The van der Waals surface area contributed by atoms with Crippen molar-refractivity contribution in [2.45, 2.75) is 33.2 Å². The molecule has 0 heterocycles. The fourth-order valence-electron chi connectivity index (χ4n) is 2.58. The third-order valence-electron chi connectivity index (χ3n) is 4.02. The van der Waals surface area contributed by atoms with E-state index in [1.807, 2.05) is 43.3 Å². The molecule has 2 aromatic carbocycles. The molecule has 0 aliphatic carbocycles. The van der Waals surface area contributed by atoms with Gasteiger partial charge in [0.2, 0.25) is 5.91 Å². The van der Waals surface area contributed by atoms with E-state index in [2.05, 4.69) is 23.6 Å². The zero-order valence-electron chi connectivity index (χ0n) is 14.7. The first-order valence-electron chi connectivity index (χ1n) is 8.36. The van der Waals surface area contributed by atoms with Crippen LogP contribution in [0.4, 0.5) is 5.69 Å². The standard InChI is InChI=1S/C20H26N2O2/c1-4-17-7-5-6-15(2)20(17)22-19(23)12-13-21-14-16-8-10-18(24-3)11-9-16/h5-11,21H,4,12-14H2,1-3H3,(H,22,23). The molecule has 0 unspecified atom stereocenters. The summed E-state index contributed by atoms with van der Waals surface area (Å²) < 4.78 is 5.14. The predicted octanol–water partition coefficient (Wildman–Crippen LogP) is 3.68. The largest absolute Gasteiger partial charge is 0.497 e. The molecule has 0 saturated heterocycles. The first kappa shape index (κ1) is 18.0. The maximum Gasteiger partial charge on any atom is 0.225 e. The van der Waals surface area contributed by atoms with Crippen LogP contribution in [-0.2, 0) is 17.8 Å². The summed E-state index contributed by atoms with van der Waals surface area (Å²) in [4.78, 5) is 12.2. The Bertz CT molecular complexity index is 666. The lowest BCUT2D eigenvalue weighted by Crippen LogP contribution is -2.22. The number of benzene rings is 2. The fourth-order valence-corrected chi connectivity index (χ4v) is 2.58. The molecule has 0 bridgehead atoms. The SMILES string of the molecule is CCc1cccc(C)c1NC(=O)CCNCc1ccc(OC)cc1. The number of carbonyl (C=O) groups excluding carboxylic acids is 1. The second kappa shape index (κ2) is 9.08. The lowest BCUT2D eigenvalue weighted by molar-refractivity contribution is -0.116. The summed E-state index contributed by atoms with van der Waals surface area (Å²) in [6, 6.07) is 14.0. The fraction of sp³-hybridized carbons (Fsp3) is 0.350. The number of anilines is 1. The summed E-state index contributed by atoms with van der Waals surface area (Å²) in [6.07, 6.45) is 1.36. The van der Waals surface area contributed by atoms with Crippen molar-refractivity contribution in [3.8, 4) is 5.75 Å². The Morgan fingerprint density at radius 3 is 2.54 bits per heavy atom. The van der Waals surface area contributed by atoms with Gasteiger partial charge in [-0.05, 0) is 42.2 Å². The van der Waals surface area contributed by atoms with Gasteiger partial charge in [0.15, 0.2) is 0 Å². The molecule has 2 rings (SSSR count). The van der Waals surface area contributed by atoms with Crippen molar-refractivity contribution in [2.24, 2.45) is 0 Å². The molecule has 1 amide bonds. The van der Waals surface area contributed by atoms with E-state index >= 15 is 0 Å². The summed E-state index contributed by atoms with van der Waals surface area (Å²) in [5, 5.41) is 6.35. The minimum Gasteiger partial charge on any atom is -0.497 e. The molecular weight excluding hydrogens is 300 g/mol. The van der Waals surface area contributed by atoms with Gasteiger partial charge >= 0.3 is 0 Å². The van der Waals surface area contributed by atoms with Crippen LogP contribution in [0.5, 0.6) is 5.75 Å². The Hall–Kier alpha value is -2.33. The molecule has 4 heteroatoms. The highest BCUT2D eigenvalue weighted by Crippen LogP contribution is 2.21. The molecule has 0 saturated carbocycles. The molecule has 0 fully saturated rings. The first-order valence-corrected chi connectivity index (χ1v) is 8.36. The minimum absolute atomic E-state index is 0.0428. The Labute approximate surface area is 144 Å². The lowest BCUT2D eigenvalue weighted by atomic mass is 10.1. The monoisotopic (exact) mass is 326 g/mol. The van der Waals surface area contributed by atoms with Crippen LogP contribution in [0.15, 0.2) is 42.5 Å². The second-order valence-electron chi connectivity index (χ2n) is 5.79. The number of hydrogen-bond acceptors (Lipinski definition) is 3. The number of aryl methyl sites for hydroxylation is 2. The molecule has 2 aromatic rings. The third kappa shape index (κ3) is 5.10. The normalized spacial score (nSPS) is 10.5. The Morgan fingerprint density at radius 2 is 1.88 bits per heavy atom. The van der Waals surface area contributed by atoms with Crippen LogP contribution < -0.4 is 15.4 Å². The smallest absolute Gasteiger partial charge is 0.225 e. The maximum atomic E-state index is 12.2. The van der Waals surface area contributed by atoms with Gasteiger partial charge in [-0.15, -0.1) is 0 Å². The maximum absolute atomic E-state index is 12.2. The number of ether oxygens (including phenoxy) is 1. The number of rotatable bonds is 8. The molecule has 0 atom stereocenters. The Balaban J connectivity index is 1.77. The molecule has 4 nitrogen and oxygen atoms in total. The zero-order valence-corrected chi connectivity index (χ0v) is 14.7. The van der Waals surface area contributed by atoms with E-state index in [1.165, 1.54) is 11.1 Å². The lowest BCUT2D eigenvalue weighted by Gasteiger charge is -2.13. The predicted molar refractivity (Wildman–Crippen MR) is 98.5 cm³/mol. The molecule has 0 spiro atoms. The van der Waals surface area contributed by atoms with Gasteiger partial charge in [-0.25, -0.2) is 0 Å². The van der Waals surface area contributed by atoms with Gasteiger partial charge < -0.3 is 15.4 Å². The van der Waals surface area contributed by atoms with Gasteiger partial charge in [-0.2, -0.15) is 0 Å². The van der Waals surface area contributed by atoms with E-state index < -0.39 is 0 Å². The van der Waals surface area contributed by atoms with Crippen LogP contribution >= 0.6 is 0 Å². The van der Waals surface area contributed by atoms with Crippen molar-refractivity contribution < 1.29 is 9.53 Å². The third-order valence-corrected chi connectivity index (χ3v) is 4.02. The summed E-state index contributed by atoms with van der Waals surface area (Å²) in [5.74, 6) is 0.893. The summed E-state index contributed by atoms with van der Waals surface area (Å²) >= 11 is 0. The van der Waals surface area contributed by atoms with E-state index in [-0.39, 0.29) is 5.91 Å². The Kier molecular flexibility index (Phi) is 6.82. The minimum atomic E-state index is 0.0428. The summed E-state index contributed by atoms with van der Waals surface area (Å²) in [6.45, 7) is 5.50. The van der Waals surface area contributed by atoms with Crippen LogP contribution in [-0.4, -0.2) is 19.6 Å². The van der Waals surface area contributed by atoms with Crippen molar-refractivity contribution in [3.63, 3.8) is 0 Å². The van der Waals surface area contributed by atoms with E-state index in [1.54, 1.807) is 7.11 Å². The van der Waals surface area contributed by atoms with Crippen LogP contribution in [0, 0.1) is 6.92 Å². The highest BCUT2D eigenvalue weighted by atomic mass is 16.5. The molecule has 0 aliphatic heterocycles. The van der Waals surface area contributed by atoms with Gasteiger partial charge in [0.1, 0.15) is 5.75 Å². The average molecular weight is 326 g/mol. The second-order valence-corrected chi connectivity index (χ2v) is 5.79. The van der Waals surface area contributed by atoms with Crippen molar-refractivity contribution in [2.75, 3.05) is 19.0 Å². The molecule has 128 valence electrons. The van der Waals surface area contributed by atoms with Gasteiger partial charge in [-0.1, -0.05) is 37.3 Å². The number of carbonyl (C=O) groups is 1. The van der Waals surface area contributed by atoms with Crippen molar-refractivity contribution in [3.05, 3.63) is 59.2 Å². The van der Waals surface area contributed by atoms with Crippen LogP contribution in [0.2, 0.25) is 0 Å². The molecule has 2 N–H and O–H groups in total. The van der Waals surface area contributed by atoms with Crippen LogP contribution in [0.3, 0.4) is 0 Å². The number of hydrogen-bond donors (Lipinski definition) is 2. The van der Waals surface area contributed by atoms with Gasteiger partial charge in [0, 0.05) is 25.2 Å². The van der Waals surface area contributed by atoms with Crippen molar-refractivity contribution in [1.29, 1.82) is 0 Å². The number of methoxy groups -OCH3 is 1. The highest BCUT2D eigenvalue weighted by molar-refractivity contribution is 5.92. The van der Waals surface area contributed by atoms with Gasteiger partial charge in [0.05, 0.1) is 7.11 Å². The molecule has 24 heavy (non-hydrogen) atoms. The molecular formula is C20H26N2O2. The molecule has 0 aromatic heterocycles. The van der Waals surface area contributed by atoms with Crippen LogP contribution in [0.25, 0.3) is 0 Å². The van der Waals surface area contributed by atoms with Gasteiger partial charge in [0.25, 0.3) is 0 Å². The van der Waals surface area contributed by atoms with Crippen molar-refractivity contribution >= 4 is 11.6 Å². The quantitative estimate of drug-likeness (QED) is 0.728. The summed E-state index contributed by atoms with van der Waals surface area (Å²) in [7, 11) is 1.66. The highest BCUT2D eigenvalue weighted by Gasteiger charge is 2.08. The van der Waals surface area contributed by atoms with E-state index in [9.17, 15) is 4.79 Å². The van der Waals surface area contributed by atoms with E-state index in [0.717, 1.165) is 30.0 Å². The van der Waals surface area contributed by atoms with E-state index in [0.29, 0.717) is 13.0 Å². The average Bonchev–Trinajstić information content (AvgIpc) is 2.61. The van der Waals surface area contributed by atoms with Crippen molar-refractivity contribution in [1.82, 2.24) is 5.32 Å². The summed E-state index contributed by atoms with van der Waals surface area (Å²) in [5.41, 5.74) is 4.41. The zero-order chi connectivity index (χ0) is 17.4. The molecule has 0 aliphatic rings. The van der Waals surface area contributed by atoms with Crippen LogP contribution in [0.1, 0.15) is 30.0 Å². The number of nitrogens with one attached hydrogen (secondary N) is 2. The number of amides is 1. The topological polar surface area (TPSA) is 50.4 Å². The van der Waals surface area contributed by atoms with Gasteiger partial charge in [-0.3, -0.25) is 4.79 Å². The Morgan fingerprint density at radius 1 is 1.12 bits per heavy atom.